The first kappa shape index (κ1) is 15.3. The number of benzene rings is 3. The summed E-state index contributed by atoms with van der Waals surface area (Å²) >= 11 is 0. The highest BCUT2D eigenvalue weighted by atomic mass is 16.5. The summed E-state index contributed by atoms with van der Waals surface area (Å²) in [5, 5.41) is 2.95. The van der Waals surface area contributed by atoms with Gasteiger partial charge in [0.2, 0.25) is 0 Å². The molecule has 0 saturated heterocycles. The summed E-state index contributed by atoms with van der Waals surface area (Å²) in [4.78, 5) is 14.3. The largest absolute Gasteiger partial charge is 0.457 e. The first-order valence-electron chi connectivity index (χ1n) is 8.29. The molecule has 0 saturated carbocycles. The molecule has 1 heterocycles. The van der Waals surface area contributed by atoms with Crippen LogP contribution in [0.5, 0.6) is 11.5 Å². The fourth-order valence-electron chi connectivity index (χ4n) is 2.97. The summed E-state index contributed by atoms with van der Waals surface area (Å²) in [7, 11) is 0. The molecule has 0 aliphatic carbocycles. The highest BCUT2D eigenvalue weighted by molar-refractivity contribution is 6.03. The van der Waals surface area contributed by atoms with Crippen molar-refractivity contribution in [1.29, 1.82) is 0 Å². The average Bonchev–Trinajstić information content (AvgIpc) is 3.08. The van der Waals surface area contributed by atoms with Crippen molar-refractivity contribution in [2.75, 3.05) is 16.8 Å². The zero-order valence-electron chi connectivity index (χ0n) is 13.7. The molecule has 0 aromatic heterocycles. The van der Waals surface area contributed by atoms with Gasteiger partial charge >= 0.3 is 6.03 Å². The van der Waals surface area contributed by atoms with E-state index >= 15 is 0 Å². The van der Waals surface area contributed by atoms with E-state index < -0.39 is 0 Å². The molecule has 2 amide bonds. The fraction of sp³-hybridized carbons (Fsp3) is 0.0952. The molecular formula is C21H18N2O2. The number of para-hydroxylation sites is 2. The summed E-state index contributed by atoms with van der Waals surface area (Å²) in [6.07, 6.45) is 0.896. The summed E-state index contributed by atoms with van der Waals surface area (Å²) in [5.41, 5.74) is 2.95. The van der Waals surface area contributed by atoms with Gasteiger partial charge in [-0.3, -0.25) is 4.90 Å². The summed E-state index contributed by atoms with van der Waals surface area (Å²) in [6.45, 7) is 0.709. The molecule has 3 aromatic rings. The van der Waals surface area contributed by atoms with Crippen molar-refractivity contribution in [2.45, 2.75) is 6.42 Å². The average molecular weight is 330 g/mol. The van der Waals surface area contributed by atoms with Crippen LogP contribution in [0.3, 0.4) is 0 Å². The molecular weight excluding hydrogens is 312 g/mol. The summed E-state index contributed by atoms with van der Waals surface area (Å²) in [6, 6.07) is 24.9. The summed E-state index contributed by atoms with van der Waals surface area (Å²) in [5.74, 6) is 1.52. The predicted molar refractivity (Wildman–Crippen MR) is 99.5 cm³/mol. The topological polar surface area (TPSA) is 41.6 Å². The normalized spacial score (nSPS) is 12.6. The van der Waals surface area contributed by atoms with Crippen LogP contribution < -0.4 is 15.0 Å². The van der Waals surface area contributed by atoms with E-state index in [0.29, 0.717) is 6.54 Å². The van der Waals surface area contributed by atoms with Gasteiger partial charge in [-0.2, -0.15) is 0 Å². The number of nitrogens with zero attached hydrogens (tertiary/aromatic N) is 1. The molecule has 25 heavy (non-hydrogen) atoms. The summed E-state index contributed by atoms with van der Waals surface area (Å²) < 4.78 is 5.76. The first-order valence-corrected chi connectivity index (χ1v) is 8.29. The number of rotatable bonds is 3. The number of hydrogen-bond acceptors (Lipinski definition) is 2. The van der Waals surface area contributed by atoms with Crippen LogP contribution in [0.4, 0.5) is 16.2 Å². The Morgan fingerprint density at radius 2 is 1.52 bits per heavy atom. The van der Waals surface area contributed by atoms with Crippen molar-refractivity contribution in [1.82, 2.24) is 0 Å². The van der Waals surface area contributed by atoms with Crippen molar-refractivity contribution < 1.29 is 9.53 Å². The van der Waals surface area contributed by atoms with Crippen LogP contribution in [-0.4, -0.2) is 12.6 Å². The predicted octanol–water partition coefficient (Wildman–Crippen LogP) is 5.07. The molecule has 0 radical (unpaired) electrons. The lowest BCUT2D eigenvalue weighted by Gasteiger charge is -2.18. The van der Waals surface area contributed by atoms with Gasteiger partial charge in [0.25, 0.3) is 0 Å². The second kappa shape index (κ2) is 6.69. The highest BCUT2D eigenvalue weighted by Gasteiger charge is 2.23. The van der Waals surface area contributed by atoms with E-state index in [2.05, 4.69) is 11.4 Å². The van der Waals surface area contributed by atoms with E-state index in [1.807, 2.05) is 72.8 Å². The van der Waals surface area contributed by atoms with Crippen molar-refractivity contribution in [3.63, 3.8) is 0 Å². The standard InChI is InChI=1S/C21H18N2O2/c24-21(23-15-14-16-6-4-5-9-20(16)23)22-17-10-12-19(13-11-17)25-18-7-2-1-3-8-18/h1-13H,14-15H2,(H,22,24). The Kier molecular flexibility index (Phi) is 4.09. The van der Waals surface area contributed by atoms with Gasteiger partial charge in [-0.15, -0.1) is 0 Å². The second-order valence-corrected chi connectivity index (χ2v) is 5.90. The second-order valence-electron chi connectivity index (χ2n) is 5.90. The third-order valence-corrected chi connectivity index (χ3v) is 4.22. The lowest BCUT2D eigenvalue weighted by Crippen LogP contribution is -2.33. The van der Waals surface area contributed by atoms with Gasteiger partial charge in [-0.1, -0.05) is 36.4 Å². The Morgan fingerprint density at radius 3 is 2.32 bits per heavy atom. The maximum atomic E-state index is 12.5. The maximum Gasteiger partial charge on any atom is 0.326 e. The van der Waals surface area contributed by atoms with E-state index in [0.717, 1.165) is 29.3 Å². The quantitative estimate of drug-likeness (QED) is 0.728. The molecule has 0 fully saturated rings. The molecule has 1 aliphatic rings. The van der Waals surface area contributed by atoms with Crippen LogP contribution in [-0.2, 0) is 6.42 Å². The first-order chi connectivity index (χ1) is 12.3. The van der Waals surface area contributed by atoms with Crippen molar-refractivity contribution >= 4 is 17.4 Å². The zero-order chi connectivity index (χ0) is 17.1. The molecule has 4 heteroatoms. The zero-order valence-corrected chi connectivity index (χ0v) is 13.7. The SMILES string of the molecule is O=C(Nc1ccc(Oc2ccccc2)cc1)N1CCc2ccccc21. The maximum absolute atomic E-state index is 12.5. The van der Waals surface area contributed by atoms with E-state index in [1.54, 1.807) is 4.90 Å². The van der Waals surface area contributed by atoms with E-state index in [4.69, 9.17) is 4.74 Å². The van der Waals surface area contributed by atoms with Crippen molar-refractivity contribution in [3.05, 3.63) is 84.4 Å². The molecule has 0 bridgehead atoms. The van der Waals surface area contributed by atoms with Gasteiger partial charge in [0.15, 0.2) is 0 Å². The molecule has 3 aromatic carbocycles. The number of fused-ring (bicyclic) bond motifs is 1. The van der Waals surface area contributed by atoms with Crippen LogP contribution >= 0.6 is 0 Å². The molecule has 0 spiro atoms. The van der Waals surface area contributed by atoms with E-state index in [-0.39, 0.29) is 6.03 Å². The monoisotopic (exact) mass is 330 g/mol. The number of amides is 2. The van der Waals surface area contributed by atoms with Crippen LogP contribution in [0.1, 0.15) is 5.56 Å². The minimum absolute atomic E-state index is 0.110. The number of ether oxygens (including phenoxy) is 1. The van der Waals surface area contributed by atoms with Crippen LogP contribution in [0, 0.1) is 0 Å². The molecule has 0 unspecified atom stereocenters. The molecule has 4 nitrogen and oxygen atoms in total. The van der Waals surface area contributed by atoms with Crippen LogP contribution in [0.25, 0.3) is 0 Å². The van der Waals surface area contributed by atoms with Crippen LogP contribution in [0.2, 0.25) is 0 Å². The molecule has 0 atom stereocenters. The smallest absolute Gasteiger partial charge is 0.326 e. The van der Waals surface area contributed by atoms with Gasteiger partial charge in [-0.05, 0) is 54.4 Å². The third kappa shape index (κ3) is 3.33. The number of carbonyl (C=O) groups is 1. The lowest BCUT2D eigenvalue weighted by atomic mass is 10.2. The Bertz CT molecular complexity index is 876. The Labute approximate surface area is 146 Å². The minimum Gasteiger partial charge on any atom is -0.457 e. The molecule has 4 rings (SSSR count). The van der Waals surface area contributed by atoms with Crippen LogP contribution in [0.15, 0.2) is 78.9 Å². The van der Waals surface area contributed by atoms with Gasteiger partial charge in [0.05, 0.1) is 0 Å². The van der Waals surface area contributed by atoms with Gasteiger partial charge < -0.3 is 10.1 Å². The number of nitrogens with one attached hydrogen (secondary N) is 1. The third-order valence-electron chi connectivity index (χ3n) is 4.22. The number of carbonyl (C=O) groups excluding carboxylic acids is 1. The van der Waals surface area contributed by atoms with E-state index in [1.165, 1.54) is 5.56 Å². The van der Waals surface area contributed by atoms with Gasteiger partial charge in [0.1, 0.15) is 11.5 Å². The fourth-order valence-corrected chi connectivity index (χ4v) is 2.97. The van der Waals surface area contributed by atoms with Gasteiger partial charge in [0, 0.05) is 17.9 Å². The van der Waals surface area contributed by atoms with E-state index in [9.17, 15) is 4.79 Å². The van der Waals surface area contributed by atoms with Crippen molar-refractivity contribution in [3.8, 4) is 11.5 Å². The number of anilines is 2. The highest BCUT2D eigenvalue weighted by Crippen LogP contribution is 2.28. The minimum atomic E-state index is -0.110. The Balaban J connectivity index is 1.42. The molecule has 1 N–H and O–H groups in total. The lowest BCUT2D eigenvalue weighted by molar-refractivity contribution is 0.257. The molecule has 124 valence electrons. The van der Waals surface area contributed by atoms with Gasteiger partial charge in [-0.25, -0.2) is 4.79 Å². The number of urea groups is 1. The van der Waals surface area contributed by atoms with Crippen molar-refractivity contribution in [2.24, 2.45) is 0 Å². The number of hydrogen-bond donors (Lipinski definition) is 1. The Hall–Kier alpha value is -3.27. The Morgan fingerprint density at radius 1 is 0.840 bits per heavy atom. The molecule has 1 aliphatic heterocycles.